The molecule has 1 heterocycles. The van der Waals surface area contributed by atoms with Gasteiger partial charge in [-0.3, -0.25) is 4.90 Å². The first-order valence-corrected chi connectivity index (χ1v) is 6.44. The highest BCUT2D eigenvalue weighted by molar-refractivity contribution is 5.85. The fourth-order valence-electron chi connectivity index (χ4n) is 2.38. The largest absolute Gasteiger partial charge is 0.435 e. The average Bonchev–Trinajstić information content (AvgIpc) is 2.40. The molecule has 3 nitrogen and oxygen atoms in total. The Labute approximate surface area is 143 Å². The summed E-state index contributed by atoms with van der Waals surface area (Å²) in [6.07, 6.45) is -4.43. The first-order valence-electron chi connectivity index (χ1n) is 6.44. The lowest BCUT2D eigenvalue weighted by Gasteiger charge is -2.36. The topological polar surface area (TPSA) is 24.5 Å². The number of ether oxygens (including phenoxy) is 1. The zero-order chi connectivity index (χ0) is 15.5. The summed E-state index contributed by atoms with van der Waals surface area (Å²) in [6, 6.07) is 2.88. The Hall–Kier alpha value is -0.830. The Balaban J connectivity index is 0.00000242. The maximum atomic E-state index is 13.3. The third-order valence-electron chi connectivity index (χ3n) is 3.25. The number of piperazine rings is 1. The smallest absolute Gasteiger partial charge is 0.408 e. The van der Waals surface area contributed by atoms with Crippen molar-refractivity contribution in [1.29, 1.82) is 0 Å². The van der Waals surface area contributed by atoms with Gasteiger partial charge >= 0.3 is 12.8 Å². The number of benzene rings is 1. The Kier molecular flexibility index (Phi) is 9.12. The summed E-state index contributed by atoms with van der Waals surface area (Å²) >= 11 is 0. The van der Waals surface area contributed by atoms with Crippen LogP contribution in [0.2, 0.25) is 0 Å². The number of nitrogens with one attached hydrogen (secondary N) is 1. The van der Waals surface area contributed by atoms with Crippen LogP contribution in [0.3, 0.4) is 0 Å². The Morgan fingerprint density at radius 3 is 1.96 bits per heavy atom. The molecule has 0 amide bonds. The van der Waals surface area contributed by atoms with Crippen molar-refractivity contribution >= 4 is 24.8 Å². The first kappa shape index (κ1) is 22.2. The van der Waals surface area contributed by atoms with Crippen LogP contribution in [0.25, 0.3) is 0 Å². The molecule has 0 aromatic heterocycles. The van der Waals surface area contributed by atoms with E-state index in [0.29, 0.717) is 13.1 Å². The van der Waals surface area contributed by atoms with Crippen LogP contribution in [-0.4, -0.2) is 43.9 Å². The molecule has 2 rings (SSSR count). The van der Waals surface area contributed by atoms with E-state index in [4.69, 9.17) is 0 Å². The van der Waals surface area contributed by atoms with Crippen molar-refractivity contribution in [3.8, 4) is 5.75 Å². The van der Waals surface area contributed by atoms with Gasteiger partial charge in [-0.15, -0.1) is 24.8 Å². The summed E-state index contributed by atoms with van der Waals surface area (Å²) in [5.74, 6) is -0.157. The molecular formula is C13H17Cl2F5N2O. The Bertz CT molecular complexity index is 453. The molecule has 1 aliphatic heterocycles. The normalized spacial score (nSPS) is 17.1. The second kappa shape index (κ2) is 9.46. The van der Waals surface area contributed by atoms with Crippen LogP contribution in [0.15, 0.2) is 24.3 Å². The molecule has 23 heavy (non-hydrogen) atoms. The summed E-state index contributed by atoms with van der Waals surface area (Å²) in [5.41, 5.74) is 0.0195. The molecule has 134 valence electrons. The molecule has 0 bridgehead atoms. The van der Waals surface area contributed by atoms with E-state index in [2.05, 4.69) is 10.1 Å². The van der Waals surface area contributed by atoms with Gasteiger partial charge in [-0.05, 0) is 17.7 Å². The van der Waals surface area contributed by atoms with Crippen molar-refractivity contribution in [2.75, 3.05) is 26.2 Å². The fraction of sp³-hybridized carbons (Fsp3) is 0.538. The van der Waals surface area contributed by atoms with Gasteiger partial charge in [0.15, 0.2) is 0 Å². The molecule has 0 radical (unpaired) electrons. The fourth-order valence-corrected chi connectivity index (χ4v) is 2.38. The van der Waals surface area contributed by atoms with Crippen LogP contribution in [0.4, 0.5) is 22.0 Å². The van der Waals surface area contributed by atoms with Crippen LogP contribution in [0.1, 0.15) is 11.6 Å². The number of rotatable bonds is 4. The number of hydrogen-bond donors (Lipinski definition) is 1. The van der Waals surface area contributed by atoms with Gasteiger partial charge in [0.1, 0.15) is 11.8 Å². The summed E-state index contributed by atoms with van der Waals surface area (Å²) in [5, 5.41) is 2.99. The van der Waals surface area contributed by atoms with Gasteiger partial charge in [-0.1, -0.05) is 12.1 Å². The number of halogens is 7. The SMILES string of the molecule is Cl.Cl.FC(F)Oc1ccc([C@H](N2CCNCC2)C(F)(F)F)cc1. The van der Waals surface area contributed by atoms with Crippen LogP contribution < -0.4 is 10.1 Å². The predicted octanol–water partition coefficient (Wildman–Crippen LogP) is 3.64. The first-order chi connectivity index (χ1) is 9.88. The molecule has 0 unspecified atom stereocenters. The van der Waals surface area contributed by atoms with E-state index >= 15 is 0 Å². The lowest BCUT2D eigenvalue weighted by atomic mass is 10.0. The molecule has 0 aliphatic carbocycles. The molecule has 1 fully saturated rings. The second-order valence-electron chi connectivity index (χ2n) is 4.68. The van der Waals surface area contributed by atoms with E-state index < -0.39 is 18.8 Å². The number of alkyl halides is 5. The van der Waals surface area contributed by atoms with Gasteiger partial charge in [0.2, 0.25) is 0 Å². The predicted molar refractivity (Wildman–Crippen MR) is 80.8 cm³/mol. The van der Waals surface area contributed by atoms with E-state index in [1.165, 1.54) is 17.0 Å². The van der Waals surface area contributed by atoms with Gasteiger partial charge < -0.3 is 10.1 Å². The van der Waals surface area contributed by atoms with Crippen molar-refractivity contribution in [2.45, 2.75) is 18.8 Å². The summed E-state index contributed by atoms with van der Waals surface area (Å²) in [7, 11) is 0. The van der Waals surface area contributed by atoms with Crippen molar-refractivity contribution in [3.05, 3.63) is 29.8 Å². The third kappa shape index (κ3) is 6.29. The second-order valence-corrected chi connectivity index (χ2v) is 4.68. The van der Waals surface area contributed by atoms with E-state index in [1.54, 1.807) is 0 Å². The van der Waals surface area contributed by atoms with Crippen molar-refractivity contribution in [2.24, 2.45) is 0 Å². The highest BCUT2D eigenvalue weighted by Gasteiger charge is 2.44. The molecule has 0 spiro atoms. The van der Waals surface area contributed by atoms with Gasteiger partial charge in [-0.2, -0.15) is 22.0 Å². The van der Waals surface area contributed by atoms with Crippen molar-refractivity contribution in [1.82, 2.24) is 10.2 Å². The van der Waals surface area contributed by atoms with Gasteiger partial charge in [-0.25, -0.2) is 0 Å². The lowest BCUT2D eigenvalue weighted by Crippen LogP contribution is -2.49. The molecule has 1 aromatic rings. The maximum absolute atomic E-state index is 13.3. The molecule has 1 N–H and O–H groups in total. The van der Waals surface area contributed by atoms with Crippen LogP contribution >= 0.6 is 24.8 Å². The number of hydrogen-bond acceptors (Lipinski definition) is 3. The molecule has 0 saturated carbocycles. The van der Waals surface area contributed by atoms with Crippen molar-refractivity contribution in [3.63, 3.8) is 0 Å². The van der Waals surface area contributed by atoms with E-state index in [-0.39, 0.29) is 49.2 Å². The molecular weight excluding hydrogens is 366 g/mol. The van der Waals surface area contributed by atoms with E-state index in [0.717, 1.165) is 12.1 Å². The maximum Gasteiger partial charge on any atom is 0.408 e. The molecule has 1 aliphatic rings. The standard InChI is InChI=1S/C13H15F5N2O.2ClH/c14-12(15)21-10-3-1-9(2-4-10)11(13(16,17)18)20-7-5-19-6-8-20;;/h1-4,11-12,19H,5-8H2;2*1H/t11-;;/m0../s1. The van der Waals surface area contributed by atoms with Gasteiger partial charge in [0, 0.05) is 26.2 Å². The zero-order valence-corrected chi connectivity index (χ0v) is 13.5. The molecule has 10 heteroatoms. The quantitative estimate of drug-likeness (QED) is 0.804. The third-order valence-corrected chi connectivity index (χ3v) is 3.25. The minimum atomic E-state index is -4.43. The monoisotopic (exact) mass is 382 g/mol. The number of nitrogens with zero attached hydrogens (tertiary/aromatic N) is 1. The molecule has 1 aromatic carbocycles. The van der Waals surface area contributed by atoms with Crippen LogP contribution in [0, 0.1) is 0 Å². The van der Waals surface area contributed by atoms with E-state index in [1.807, 2.05) is 0 Å². The van der Waals surface area contributed by atoms with Crippen LogP contribution in [-0.2, 0) is 0 Å². The molecule has 1 atom stereocenters. The average molecular weight is 383 g/mol. The summed E-state index contributed by atoms with van der Waals surface area (Å²) in [6.45, 7) is -1.47. The highest BCUT2D eigenvalue weighted by atomic mass is 35.5. The van der Waals surface area contributed by atoms with Crippen LogP contribution in [0.5, 0.6) is 5.75 Å². The lowest BCUT2D eigenvalue weighted by molar-refractivity contribution is -0.187. The summed E-state index contributed by atoms with van der Waals surface area (Å²) in [4.78, 5) is 1.33. The Morgan fingerprint density at radius 1 is 1.00 bits per heavy atom. The minimum absolute atomic E-state index is 0. The van der Waals surface area contributed by atoms with Crippen molar-refractivity contribution < 1.29 is 26.7 Å². The van der Waals surface area contributed by atoms with Gasteiger partial charge in [0.05, 0.1) is 0 Å². The Morgan fingerprint density at radius 2 is 1.52 bits per heavy atom. The summed E-state index contributed by atoms with van der Waals surface area (Å²) < 4.78 is 68.1. The zero-order valence-electron chi connectivity index (χ0n) is 11.9. The van der Waals surface area contributed by atoms with Gasteiger partial charge in [0.25, 0.3) is 0 Å². The van der Waals surface area contributed by atoms with E-state index in [9.17, 15) is 22.0 Å². The molecule has 1 saturated heterocycles. The highest BCUT2D eigenvalue weighted by Crippen LogP contribution is 2.38. The minimum Gasteiger partial charge on any atom is -0.435 e.